The zero-order valence-corrected chi connectivity index (χ0v) is 29.7. The number of aromatic hydroxyl groups is 3. The van der Waals surface area contributed by atoms with E-state index in [0.29, 0.717) is 0 Å². The summed E-state index contributed by atoms with van der Waals surface area (Å²) in [5.74, 6) is -9.04. The number of phenolic OH excluding ortho intramolecular Hbond substituents is 3. The van der Waals surface area contributed by atoms with Crippen molar-refractivity contribution in [1.29, 1.82) is 0 Å². The van der Waals surface area contributed by atoms with E-state index in [4.69, 9.17) is 18.9 Å². The average Bonchev–Trinajstić information content (AvgIpc) is 3.34. The minimum absolute atomic E-state index is 0.0736. The number of carbonyl (C=O) groups is 3. The van der Waals surface area contributed by atoms with Gasteiger partial charge in [0.05, 0.1) is 54.2 Å². The first-order valence-corrected chi connectivity index (χ1v) is 16.4. The van der Waals surface area contributed by atoms with Gasteiger partial charge in [-0.25, -0.2) is 0 Å². The molecule has 13 heteroatoms. The van der Waals surface area contributed by atoms with Gasteiger partial charge in [-0.2, -0.15) is 0 Å². The Morgan fingerprint density at radius 2 is 1.58 bits per heavy atom. The number of ketones is 1. The summed E-state index contributed by atoms with van der Waals surface area (Å²) in [4.78, 5) is 40.2. The topological polar surface area (TPSA) is 201 Å². The summed E-state index contributed by atoms with van der Waals surface area (Å²) in [6.45, 7) is 11.2. The van der Waals surface area contributed by atoms with Gasteiger partial charge in [-0.05, 0) is 31.8 Å². The summed E-state index contributed by atoms with van der Waals surface area (Å²) in [6, 6.07) is 1.06. The van der Waals surface area contributed by atoms with Crippen molar-refractivity contribution in [2.75, 3.05) is 19.5 Å². The van der Waals surface area contributed by atoms with Gasteiger partial charge in [-0.15, -0.1) is 0 Å². The Morgan fingerprint density at radius 3 is 2.20 bits per heavy atom. The molecule has 13 nitrogen and oxygen atoms in total. The van der Waals surface area contributed by atoms with Crippen LogP contribution >= 0.6 is 0 Å². The summed E-state index contributed by atoms with van der Waals surface area (Å²) >= 11 is 0. The summed E-state index contributed by atoms with van der Waals surface area (Å²) in [5.41, 5.74) is -0.105. The van der Waals surface area contributed by atoms with Gasteiger partial charge in [0.15, 0.2) is 5.75 Å². The second kappa shape index (κ2) is 14.7. The fourth-order valence-electron chi connectivity index (χ4n) is 6.84. The van der Waals surface area contributed by atoms with E-state index < -0.39 is 88.6 Å². The summed E-state index contributed by atoms with van der Waals surface area (Å²) in [6.07, 6.45) is 4.39. The largest absolute Gasteiger partial charge is 0.507 e. The van der Waals surface area contributed by atoms with Gasteiger partial charge in [0.25, 0.3) is 11.7 Å². The van der Waals surface area contributed by atoms with Crippen molar-refractivity contribution in [1.82, 2.24) is 0 Å². The van der Waals surface area contributed by atoms with Gasteiger partial charge in [0.2, 0.25) is 0 Å². The smallest absolute Gasteiger partial charge is 0.312 e. The molecule has 0 spiro atoms. The van der Waals surface area contributed by atoms with E-state index in [9.17, 15) is 39.9 Å². The van der Waals surface area contributed by atoms with Crippen LogP contribution in [0, 0.1) is 36.5 Å². The molecule has 5 rings (SSSR count). The first-order valence-electron chi connectivity index (χ1n) is 16.4. The molecular formula is C37H47NO12. The van der Waals surface area contributed by atoms with Crippen LogP contribution in [0.2, 0.25) is 0 Å². The summed E-state index contributed by atoms with van der Waals surface area (Å²) in [5, 5.41) is 58.2. The maximum Gasteiger partial charge on any atom is 0.312 e. The highest BCUT2D eigenvalue weighted by atomic mass is 16.7. The molecule has 272 valence electrons. The highest BCUT2D eigenvalue weighted by Gasteiger charge is 2.49. The van der Waals surface area contributed by atoms with E-state index in [1.54, 1.807) is 39.8 Å². The van der Waals surface area contributed by atoms with Crippen LogP contribution in [0.1, 0.15) is 57.5 Å². The second-order valence-corrected chi connectivity index (χ2v) is 13.4. The molecule has 50 heavy (non-hydrogen) atoms. The average molecular weight is 698 g/mol. The quantitative estimate of drug-likeness (QED) is 0.145. The predicted octanol–water partition coefficient (Wildman–Crippen LogP) is 4.61. The summed E-state index contributed by atoms with van der Waals surface area (Å²) < 4.78 is 22.6. The van der Waals surface area contributed by atoms with Gasteiger partial charge in [0, 0.05) is 48.5 Å². The fraction of sp³-hybridized carbons (Fsp3) is 0.486. The van der Waals surface area contributed by atoms with Gasteiger partial charge in [-0.1, -0.05) is 45.9 Å². The number of aliphatic hydroxyl groups excluding tert-OH is 2. The third kappa shape index (κ3) is 6.77. The molecule has 0 saturated heterocycles. The molecule has 5 bridgehead atoms. The molecule has 0 aliphatic carbocycles. The molecule has 3 aliphatic rings. The van der Waals surface area contributed by atoms with Crippen LogP contribution in [0.5, 0.6) is 23.0 Å². The molecular weight excluding hydrogens is 650 g/mol. The normalized spacial score (nSPS) is 33.2. The third-order valence-electron chi connectivity index (χ3n) is 10.1. The Bertz CT molecular complexity index is 1760. The molecule has 2 aromatic carbocycles. The third-order valence-corrected chi connectivity index (χ3v) is 10.1. The maximum atomic E-state index is 13.9. The van der Waals surface area contributed by atoms with Gasteiger partial charge < -0.3 is 49.8 Å². The van der Waals surface area contributed by atoms with Crippen molar-refractivity contribution in [3.05, 3.63) is 53.3 Å². The number of amides is 1. The first-order chi connectivity index (χ1) is 23.4. The van der Waals surface area contributed by atoms with Crippen molar-refractivity contribution < 1.29 is 58.9 Å². The highest BCUT2D eigenvalue weighted by Crippen LogP contribution is 2.53. The maximum absolute atomic E-state index is 13.9. The number of esters is 1. The van der Waals surface area contributed by atoms with Crippen molar-refractivity contribution in [3.63, 3.8) is 0 Å². The second-order valence-electron chi connectivity index (χ2n) is 13.4. The van der Waals surface area contributed by atoms with E-state index >= 15 is 0 Å². The van der Waals surface area contributed by atoms with E-state index in [1.807, 2.05) is 0 Å². The Morgan fingerprint density at radius 1 is 0.920 bits per heavy atom. The van der Waals surface area contributed by atoms with E-state index in [1.165, 1.54) is 53.4 Å². The first kappa shape index (κ1) is 38.2. The number of hydrogen-bond donors (Lipinski definition) is 6. The number of aliphatic hydroxyl groups is 2. The molecule has 0 saturated carbocycles. The number of phenols is 3. The van der Waals surface area contributed by atoms with Crippen molar-refractivity contribution in [2.45, 2.75) is 72.6 Å². The zero-order valence-electron chi connectivity index (χ0n) is 29.7. The number of anilines is 1. The lowest BCUT2D eigenvalue weighted by atomic mass is 9.73. The lowest BCUT2D eigenvalue weighted by Gasteiger charge is -2.37. The number of methoxy groups -OCH3 is 2. The number of nitrogens with one attached hydrogen (secondary N) is 1. The lowest BCUT2D eigenvalue weighted by Crippen LogP contribution is -2.45. The van der Waals surface area contributed by atoms with Crippen molar-refractivity contribution in [2.24, 2.45) is 29.6 Å². The molecule has 0 radical (unpaired) electrons. The molecule has 3 aliphatic heterocycles. The van der Waals surface area contributed by atoms with Crippen LogP contribution in [0.25, 0.3) is 10.8 Å². The number of allylic oxidation sites excluding steroid dienone is 2. The SMILES string of the molecule is COC(=O)[C@H]1[C@@H](C)[C@@H](OC)/C=C\O[C@@]2(C)Oc3c(C)c(O)c4c(O)c(cc(O)c4c3C2=O)NC(=O)/C(C)=C\C=C/[C@@H](C)[C@@H](O)[C@@H](C)[C@H](O)[C@@H]1C. The molecule has 6 N–H and O–H groups in total. The van der Waals surface area contributed by atoms with Crippen LogP contribution in [-0.4, -0.2) is 81.5 Å². The summed E-state index contributed by atoms with van der Waals surface area (Å²) in [7, 11) is 2.66. The molecule has 9 atom stereocenters. The van der Waals surface area contributed by atoms with Crippen LogP contribution in [0.15, 0.2) is 42.2 Å². The number of rotatable bonds is 2. The van der Waals surface area contributed by atoms with Gasteiger partial charge in [-0.3, -0.25) is 14.4 Å². The molecule has 2 aromatic rings. The number of hydrogen-bond acceptors (Lipinski definition) is 12. The number of carbonyl (C=O) groups excluding carboxylic acids is 3. The molecule has 0 aromatic heterocycles. The Hall–Kier alpha value is -4.59. The number of fused-ring (bicyclic) bond motifs is 14. The molecule has 1 amide bonds. The molecule has 3 heterocycles. The minimum atomic E-state index is -1.99. The number of Topliss-reactive ketones (excluding diaryl/α,β-unsaturated/α-hetero) is 1. The molecule has 0 fully saturated rings. The van der Waals surface area contributed by atoms with Gasteiger partial charge in [0.1, 0.15) is 17.2 Å². The Labute approximate surface area is 290 Å². The van der Waals surface area contributed by atoms with E-state index in [0.717, 1.165) is 6.07 Å². The highest BCUT2D eigenvalue weighted by molar-refractivity contribution is 6.21. The Balaban J connectivity index is 1.88. The predicted molar refractivity (Wildman–Crippen MR) is 184 cm³/mol. The van der Waals surface area contributed by atoms with Crippen LogP contribution in [0.4, 0.5) is 5.69 Å². The van der Waals surface area contributed by atoms with Crippen LogP contribution in [-0.2, 0) is 23.8 Å². The standard InChI is InChI=1S/C37H47NO12/c1-16-11-10-12-17(2)35(45)38-22-15-23(39)26-27(32(22)43)31(42)21(6)33-28(26)34(44)37(7,50-33)49-14-13-24(47-8)18(3)25(36(46)48-9)19(4)30(41)20(5)29(16)40/h10-16,18-20,24-25,29-30,39-43H,1-9H3,(H,38,45)/b11-10-,14-13-,17-12-/t16-,18+,19-,20-,24+,25+,29-,30-,37+/m1/s1. The fourth-order valence-corrected chi connectivity index (χ4v) is 6.84. The zero-order chi connectivity index (χ0) is 37.4. The van der Waals surface area contributed by atoms with Crippen LogP contribution in [0.3, 0.4) is 0 Å². The van der Waals surface area contributed by atoms with E-state index in [-0.39, 0.29) is 38.9 Å². The molecule has 0 unspecified atom stereocenters. The Kier molecular flexibility index (Phi) is 11.2. The van der Waals surface area contributed by atoms with Crippen molar-refractivity contribution >= 4 is 34.1 Å². The van der Waals surface area contributed by atoms with E-state index in [2.05, 4.69) is 5.32 Å². The van der Waals surface area contributed by atoms with Gasteiger partial charge >= 0.3 is 11.8 Å². The number of ether oxygens (including phenoxy) is 4. The lowest BCUT2D eigenvalue weighted by molar-refractivity contribution is -0.155. The van der Waals surface area contributed by atoms with Crippen molar-refractivity contribution in [3.8, 4) is 23.0 Å². The monoisotopic (exact) mass is 697 g/mol. The van der Waals surface area contributed by atoms with Crippen LogP contribution < -0.4 is 10.1 Å². The number of benzene rings is 2. The minimum Gasteiger partial charge on any atom is -0.507 e.